The molecule has 1 aromatic carbocycles. The summed E-state index contributed by atoms with van der Waals surface area (Å²) in [5.74, 6) is 5.87. The van der Waals surface area contributed by atoms with Crippen LogP contribution < -0.4 is 5.32 Å². The number of imidazole rings is 2. The molecule has 0 bridgehead atoms. The Balaban J connectivity index is 1.38. The normalized spacial score (nSPS) is 15.4. The van der Waals surface area contributed by atoms with E-state index in [4.69, 9.17) is 0 Å². The first kappa shape index (κ1) is 27.0. The minimum atomic E-state index is -4.59. The average Bonchev–Trinajstić information content (AvgIpc) is 3.54. The first-order valence-electron chi connectivity index (χ1n) is 12.6. The van der Waals surface area contributed by atoms with Gasteiger partial charge in [-0.3, -0.25) is 9.20 Å². The van der Waals surface area contributed by atoms with Gasteiger partial charge in [-0.2, -0.15) is 13.2 Å². The number of fused-ring (bicyclic) bond motifs is 1. The Labute approximate surface area is 229 Å². The maximum absolute atomic E-state index is 13.8. The Morgan fingerprint density at radius 1 is 1.15 bits per heavy atom. The summed E-state index contributed by atoms with van der Waals surface area (Å²) in [4.78, 5) is 23.7. The monoisotopic (exact) mass is 544 g/mol. The molecule has 0 saturated heterocycles. The van der Waals surface area contributed by atoms with Crippen LogP contribution in [0.3, 0.4) is 0 Å². The minimum absolute atomic E-state index is 0.0531. The number of anilines is 1. The number of rotatable bonds is 5. The second-order valence-electron chi connectivity index (χ2n) is 9.86. The van der Waals surface area contributed by atoms with Gasteiger partial charge in [0.15, 0.2) is 0 Å². The molecule has 0 aliphatic heterocycles. The number of hydrogen-bond donors (Lipinski definition) is 1. The molecule has 1 aliphatic carbocycles. The Bertz CT molecular complexity index is 1700. The lowest BCUT2D eigenvalue weighted by Gasteiger charge is -2.20. The highest BCUT2D eigenvalue weighted by atomic mass is 19.4. The van der Waals surface area contributed by atoms with Crippen LogP contribution in [0.25, 0.3) is 11.3 Å². The number of carbonyl (C=O) groups is 1. The SMILES string of the molecule is CC1=C(C#Cc2cnc3ccccn23)CC(C(=O)Nc2cc(-n3ccnc3CN(C)C)cc(C(F)(F)F)c2)C=C1. The van der Waals surface area contributed by atoms with Crippen LogP contribution in [0.15, 0.2) is 84.5 Å². The molecule has 1 atom stereocenters. The molecule has 0 radical (unpaired) electrons. The van der Waals surface area contributed by atoms with E-state index in [9.17, 15) is 18.0 Å². The van der Waals surface area contributed by atoms with Crippen molar-refractivity contribution in [1.82, 2.24) is 23.8 Å². The molecule has 0 saturated carbocycles. The number of nitrogens with zero attached hydrogens (tertiary/aromatic N) is 5. The van der Waals surface area contributed by atoms with E-state index in [2.05, 4.69) is 27.1 Å². The number of pyridine rings is 1. The zero-order valence-electron chi connectivity index (χ0n) is 22.2. The van der Waals surface area contributed by atoms with E-state index >= 15 is 0 Å². The van der Waals surface area contributed by atoms with Crippen molar-refractivity contribution in [2.75, 3.05) is 19.4 Å². The molecule has 7 nitrogen and oxygen atoms in total. The molecule has 1 aliphatic rings. The van der Waals surface area contributed by atoms with Crippen LogP contribution >= 0.6 is 0 Å². The standard InChI is InChI=1S/C30H27F3N6O/c1-20-7-8-22(14-21(20)9-10-25-18-35-27-6-4-5-12-38(25)27)29(40)36-24-15-23(30(31,32)33)16-26(17-24)39-13-11-34-28(39)19-37(2)3/h4-8,11-13,15-18,22H,14,19H2,1-3H3,(H,36,40). The van der Waals surface area contributed by atoms with Crippen LogP contribution in [0.2, 0.25) is 0 Å². The average molecular weight is 545 g/mol. The second-order valence-corrected chi connectivity index (χ2v) is 9.86. The molecule has 10 heteroatoms. The fraction of sp³-hybridized carbons (Fsp3) is 0.233. The zero-order chi connectivity index (χ0) is 28.4. The molecule has 0 fully saturated rings. The summed E-state index contributed by atoms with van der Waals surface area (Å²) in [6, 6.07) is 9.19. The number of alkyl halides is 3. The van der Waals surface area contributed by atoms with Crippen molar-refractivity contribution >= 4 is 17.2 Å². The highest BCUT2D eigenvalue weighted by molar-refractivity contribution is 5.94. The maximum atomic E-state index is 13.8. The smallest absolute Gasteiger partial charge is 0.325 e. The Morgan fingerprint density at radius 2 is 1.98 bits per heavy atom. The summed E-state index contributed by atoms with van der Waals surface area (Å²) in [7, 11) is 3.70. The van der Waals surface area contributed by atoms with Gasteiger partial charge in [0.1, 0.15) is 17.2 Å². The van der Waals surface area contributed by atoms with Gasteiger partial charge in [-0.25, -0.2) is 9.97 Å². The van der Waals surface area contributed by atoms with Gasteiger partial charge < -0.3 is 14.8 Å². The predicted molar refractivity (Wildman–Crippen MR) is 147 cm³/mol. The van der Waals surface area contributed by atoms with Crippen molar-refractivity contribution in [2.45, 2.75) is 26.1 Å². The van der Waals surface area contributed by atoms with Crippen molar-refractivity contribution in [1.29, 1.82) is 0 Å². The summed E-state index contributed by atoms with van der Waals surface area (Å²) in [5.41, 5.74) is 2.66. The van der Waals surface area contributed by atoms with Crippen molar-refractivity contribution in [3.63, 3.8) is 0 Å². The second kappa shape index (κ2) is 10.9. The van der Waals surface area contributed by atoms with Gasteiger partial charge >= 0.3 is 6.18 Å². The summed E-state index contributed by atoms with van der Waals surface area (Å²) in [6.07, 6.45) is 6.02. The van der Waals surface area contributed by atoms with E-state index in [1.807, 2.05) is 60.8 Å². The van der Waals surface area contributed by atoms with Gasteiger partial charge in [-0.1, -0.05) is 24.1 Å². The number of allylic oxidation sites excluding steroid dienone is 3. The van der Waals surface area contributed by atoms with E-state index in [0.29, 0.717) is 18.8 Å². The first-order chi connectivity index (χ1) is 19.1. The first-order valence-corrected chi connectivity index (χ1v) is 12.6. The number of halogens is 3. The van der Waals surface area contributed by atoms with Crippen LogP contribution in [0.4, 0.5) is 18.9 Å². The summed E-state index contributed by atoms with van der Waals surface area (Å²) >= 11 is 0. The molecule has 4 aromatic rings. The minimum Gasteiger partial charge on any atom is -0.325 e. The van der Waals surface area contributed by atoms with Crippen molar-refractivity contribution in [3.05, 3.63) is 102 Å². The number of nitrogens with one attached hydrogen (secondary N) is 1. The number of amides is 1. The number of hydrogen-bond acceptors (Lipinski definition) is 4. The highest BCUT2D eigenvalue weighted by Crippen LogP contribution is 2.34. The maximum Gasteiger partial charge on any atom is 0.416 e. The third-order valence-electron chi connectivity index (χ3n) is 6.54. The molecule has 3 heterocycles. The Hall–Kier alpha value is -4.62. The van der Waals surface area contributed by atoms with Crippen molar-refractivity contribution in [3.8, 4) is 17.5 Å². The van der Waals surface area contributed by atoms with Gasteiger partial charge in [0.25, 0.3) is 0 Å². The molecule has 204 valence electrons. The number of carbonyl (C=O) groups excluding carboxylic acids is 1. The molecule has 1 unspecified atom stereocenters. The van der Waals surface area contributed by atoms with E-state index in [0.717, 1.165) is 34.6 Å². The van der Waals surface area contributed by atoms with Crippen LogP contribution in [-0.4, -0.2) is 43.8 Å². The summed E-state index contributed by atoms with van der Waals surface area (Å²) < 4.78 is 44.9. The topological polar surface area (TPSA) is 67.5 Å². The molecular formula is C30H27F3N6O. The van der Waals surface area contributed by atoms with Crippen LogP contribution in [-0.2, 0) is 17.5 Å². The van der Waals surface area contributed by atoms with Crippen LogP contribution in [0.5, 0.6) is 0 Å². The van der Waals surface area contributed by atoms with Crippen LogP contribution in [0, 0.1) is 17.8 Å². The van der Waals surface area contributed by atoms with Crippen molar-refractivity contribution < 1.29 is 18.0 Å². The van der Waals surface area contributed by atoms with Crippen molar-refractivity contribution in [2.24, 2.45) is 5.92 Å². The lowest BCUT2D eigenvalue weighted by Crippen LogP contribution is -2.23. The molecule has 0 spiro atoms. The fourth-order valence-corrected chi connectivity index (χ4v) is 4.49. The zero-order valence-corrected chi connectivity index (χ0v) is 22.2. The predicted octanol–water partition coefficient (Wildman–Crippen LogP) is 5.48. The lowest BCUT2D eigenvalue weighted by atomic mass is 9.89. The summed E-state index contributed by atoms with van der Waals surface area (Å²) in [6.45, 7) is 2.35. The summed E-state index contributed by atoms with van der Waals surface area (Å²) in [5, 5.41) is 2.70. The van der Waals surface area contributed by atoms with E-state index in [1.54, 1.807) is 23.0 Å². The van der Waals surface area contributed by atoms with E-state index < -0.39 is 23.6 Å². The van der Waals surface area contributed by atoms with Crippen LogP contribution in [0.1, 0.15) is 30.4 Å². The van der Waals surface area contributed by atoms with Gasteiger partial charge in [-0.15, -0.1) is 0 Å². The fourth-order valence-electron chi connectivity index (χ4n) is 4.49. The molecule has 1 amide bonds. The van der Waals surface area contributed by atoms with Gasteiger partial charge in [0, 0.05) is 35.5 Å². The molecule has 3 aromatic heterocycles. The van der Waals surface area contributed by atoms with Gasteiger partial charge in [0.05, 0.1) is 24.2 Å². The highest BCUT2D eigenvalue weighted by Gasteiger charge is 2.32. The Morgan fingerprint density at radius 3 is 2.75 bits per heavy atom. The largest absolute Gasteiger partial charge is 0.416 e. The quantitative estimate of drug-likeness (QED) is 0.338. The Kier molecular flexibility index (Phi) is 7.32. The number of benzene rings is 1. The third-order valence-corrected chi connectivity index (χ3v) is 6.54. The molecule has 40 heavy (non-hydrogen) atoms. The number of aromatic nitrogens is 4. The third kappa shape index (κ3) is 5.84. The van der Waals surface area contributed by atoms with E-state index in [1.165, 1.54) is 12.3 Å². The molecule has 5 rings (SSSR count). The molecule has 1 N–H and O–H groups in total. The van der Waals surface area contributed by atoms with Gasteiger partial charge in [-0.05, 0) is 69.3 Å². The lowest BCUT2D eigenvalue weighted by molar-refractivity contribution is -0.137. The van der Waals surface area contributed by atoms with Gasteiger partial charge in [0.2, 0.25) is 5.91 Å². The molecular weight excluding hydrogens is 517 g/mol. The van der Waals surface area contributed by atoms with E-state index in [-0.39, 0.29) is 11.4 Å².